The van der Waals surface area contributed by atoms with E-state index in [1.165, 1.54) is 0 Å². The van der Waals surface area contributed by atoms with Gasteiger partial charge < -0.3 is 21.1 Å². The van der Waals surface area contributed by atoms with Crippen molar-refractivity contribution in [1.82, 2.24) is 10.6 Å². The molecular weight excluding hydrogens is 396 g/mol. The molecule has 8 heteroatoms. The number of alkyl carbamates (subject to hydrolysis) is 1. The SMILES string of the molecule is C[C@H](C#N)C[C@@H](NC(=O)[C@@H](Cc1ccccc1)NC(=O)OCc1ccccc1)C(N)=O. The zero-order chi connectivity index (χ0) is 22.6. The van der Waals surface area contributed by atoms with E-state index in [0.29, 0.717) is 0 Å². The van der Waals surface area contributed by atoms with Crippen LogP contribution in [0.3, 0.4) is 0 Å². The van der Waals surface area contributed by atoms with E-state index in [-0.39, 0.29) is 19.4 Å². The summed E-state index contributed by atoms with van der Waals surface area (Å²) in [6.45, 7) is 1.68. The lowest BCUT2D eigenvalue weighted by Gasteiger charge is -2.22. The van der Waals surface area contributed by atoms with Crippen LogP contribution in [0.2, 0.25) is 0 Å². The normalized spacial score (nSPS) is 13.2. The van der Waals surface area contributed by atoms with Crippen LogP contribution in [-0.4, -0.2) is 30.0 Å². The van der Waals surface area contributed by atoms with Gasteiger partial charge in [0, 0.05) is 12.3 Å². The van der Waals surface area contributed by atoms with Crippen molar-refractivity contribution in [3.63, 3.8) is 0 Å². The van der Waals surface area contributed by atoms with Crippen LogP contribution in [0.15, 0.2) is 60.7 Å². The molecule has 0 aromatic heterocycles. The van der Waals surface area contributed by atoms with Crippen LogP contribution in [0.5, 0.6) is 0 Å². The molecule has 0 unspecified atom stereocenters. The van der Waals surface area contributed by atoms with Crippen molar-refractivity contribution in [1.29, 1.82) is 5.26 Å². The zero-order valence-electron chi connectivity index (χ0n) is 17.3. The van der Waals surface area contributed by atoms with E-state index in [0.717, 1.165) is 11.1 Å². The van der Waals surface area contributed by atoms with Gasteiger partial charge in [0.1, 0.15) is 18.7 Å². The number of nitrogens with one attached hydrogen (secondary N) is 2. The smallest absolute Gasteiger partial charge is 0.408 e. The highest BCUT2D eigenvalue weighted by Gasteiger charge is 2.27. The monoisotopic (exact) mass is 422 g/mol. The molecule has 0 fully saturated rings. The summed E-state index contributed by atoms with van der Waals surface area (Å²) in [6.07, 6.45) is -0.499. The van der Waals surface area contributed by atoms with Crippen molar-refractivity contribution in [2.45, 2.75) is 38.5 Å². The number of nitriles is 1. The number of ether oxygens (including phenoxy) is 1. The summed E-state index contributed by atoms with van der Waals surface area (Å²) in [5, 5.41) is 14.1. The van der Waals surface area contributed by atoms with Crippen LogP contribution < -0.4 is 16.4 Å². The summed E-state index contributed by atoms with van der Waals surface area (Å²) in [7, 11) is 0. The standard InChI is InChI=1S/C23H26N4O4/c1-16(14-24)12-19(21(25)28)26-22(29)20(13-17-8-4-2-5-9-17)27-23(30)31-15-18-10-6-3-7-11-18/h2-11,16,19-20H,12-13,15H2,1H3,(H2,25,28)(H,26,29)(H,27,30)/t16-,19+,20+/m0/s1. The second-order valence-corrected chi connectivity index (χ2v) is 7.18. The van der Waals surface area contributed by atoms with Crippen molar-refractivity contribution in [3.8, 4) is 6.07 Å². The van der Waals surface area contributed by atoms with Gasteiger partial charge in [0.2, 0.25) is 11.8 Å². The highest BCUT2D eigenvalue weighted by molar-refractivity contribution is 5.90. The fourth-order valence-corrected chi connectivity index (χ4v) is 2.89. The minimum absolute atomic E-state index is 0.0515. The van der Waals surface area contributed by atoms with Gasteiger partial charge in [0.25, 0.3) is 0 Å². The summed E-state index contributed by atoms with van der Waals surface area (Å²) < 4.78 is 5.22. The van der Waals surface area contributed by atoms with E-state index in [9.17, 15) is 14.4 Å². The maximum Gasteiger partial charge on any atom is 0.408 e. The maximum atomic E-state index is 12.9. The number of hydrogen-bond donors (Lipinski definition) is 3. The topological polar surface area (TPSA) is 134 Å². The Morgan fingerprint density at radius 3 is 2.10 bits per heavy atom. The molecule has 0 aliphatic rings. The third kappa shape index (κ3) is 8.19. The summed E-state index contributed by atoms with van der Waals surface area (Å²) in [6, 6.07) is 18.2. The number of carbonyl (C=O) groups excluding carboxylic acids is 3. The third-order valence-electron chi connectivity index (χ3n) is 4.57. The Balaban J connectivity index is 2.07. The molecule has 0 saturated heterocycles. The van der Waals surface area contributed by atoms with E-state index in [4.69, 9.17) is 15.7 Å². The molecule has 2 rings (SSSR count). The number of carbonyl (C=O) groups is 3. The molecule has 0 heterocycles. The Labute approximate surface area is 181 Å². The molecule has 0 aliphatic heterocycles. The van der Waals surface area contributed by atoms with Crippen molar-refractivity contribution in [3.05, 3.63) is 71.8 Å². The molecule has 3 atom stereocenters. The molecule has 3 amide bonds. The molecule has 2 aromatic carbocycles. The lowest BCUT2D eigenvalue weighted by molar-refractivity contribution is -0.128. The predicted octanol–water partition coefficient (Wildman–Crippen LogP) is 2.04. The average Bonchev–Trinajstić information content (AvgIpc) is 2.78. The fourth-order valence-electron chi connectivity index (χ4n) is 2.89. The molecular formula is C23H26N4O4. The summed E-state index contributed by atoms with van der Waals surface area (Å²) in [5.74, 6) is -1.82. The molecule has 162 valence electrons. The Morgan fingerprint density at radius 2 is 1.55 bits per heavy atom. The van der Waals surface area contributed by atoms with E-state index in [2.05, 4.69) is 10.6 Å². The first-order valence-electron chi connectivity index (χ1n) is 9.89. The lowest BCUT2D eigenvalue weighted by atomic mass is 10.0. The van der Waals surface area contributed by atoms with E-state index < -0.39 is 35.9 Å². The molecule has 31 heavy (non-hydrogen) atoms. The first kappa shape index (κ1) is 23.4. The van der Waals surface area contributed by atoms with Crippen LogP contribution in [0.1, 0.15) is 24.5 Å². The molecule has 4 N–H and O–H groups in total. The van der Waals surface area contributed by atoms with Crippen LogP contribution in [0.25, 0.3) is 0 Å². The minimum atomic E-state index is -1.03. The largest absolute Gasteiger partial charge is 0.445 e. The van der Waals surface area contributed by atoms with Gasteiger partial charge in [0.15, 0.2) is 0 Å². The highest BCUT2D eigenvalue weighted by Crippen LogP contribution is 2.08. The maximum absolute atomic E-state index is 12.9. The number of rotatable bonds is 10. The van der Waals surface area contributed by atoms with Crippen LogP contribution in [0.4, 0.5) is 4.79 Å². The summed E-state index contributed by atoms with van der Waals surface area (Å²) in [5.41, 5.74) is 7.00. The number of hydrogen-bond acceptors (Lipinski definition) is 5. The first-order chi connectivity index (χ1) is 14.9. The molecule has 0 bridgehead atoms. The summed E-state index contributed by atoms with van der Waals surface area (Å²) in [4.78, 5) is 36.9. The second-order valence-electron chi connectivity index (χ2n) is 7.18. The Hall–Kier alpha value is -3.86. The van der Waals surface area contributed by atoms with Crippen LogP contribution >= 0.6 is 0 Å². The Morgan fingerprint density at radius 1 is 0.968 bits per heavy atom. The molecule has 0 radical (unpaired) electrons. The van der Waals surface area contributed by atoms with Crippen molar-refractivity contribution < 1.29 is 19.1 Å². The van der Waals surface area contributed by atoms with Gasteiger partial charge in [-0.05, 0) is 24.5 Å². The third-order valence-corrected chi connectivity index (χ3v) is 4.57. The number of nitrogens with two attached hydrogens (primary N) is 1. The summed E-state index contributed by atoms with van der Waals surface area (Å²) >= 11 is 0. The van der Waals surface area contributed by atoms with Gasteiger partial charge >= 0.3 is 6.09 Å². The molecule has 0 spiro atoms. The van der Waals surface area contributed by atoms with Crippen LogP contribution in [0, 0.1) is 17.2 Å². The molecule has 0 aliphatic carbocycles. The number of nitrogens with zero attached hydrogens (tertiary/aromatic N) is 1. The van der Waals surface area contributed by atoms with Crippen LogP contribution in [-0.2, 0) is 27.4 Å². The van der Waals surface area contributed by atoms with Crippen molar-refractivity contribution in [2.24, 2.45) is 11.7 Å². The van der Waals surface area contributed by atoms with Gasteiger partial charge in [-0.1, -0.05) is 60.7 Å². The van der Waals surface area contributed by atoms with E-state index in [1.807, 2.05) is 66.7 Å². The predicted molar refractivity (Wildman–Crippen MR) is 114 cm³/mol. The van der Waals surface area contributed by atoms with Crippen molar-refractivity contribution >= 4 is 17.9 Å². The first-order valence-corrected chi connectivity index (χ1v) is 9.89. The number of benzene rings is 2. The average molecular weight is 422 g/mol. The number of primary amides is 1. The molecule has 0 saturated carbocycles. The van der Waals surface area contributed by atoms with Gasteiger partial charge in [-0.2, -0.15) is 5.26 Å². The minimum Gasteiger partial charge on any atom is -0.445 e. The Bertz CT molecular complexity index is 912. The van der Waals surface area contributed by atoms with Crippen molar-refractivity contribution in [2.75, 3.05) is 0 Å². The zero-order valence-corrected chi connectivity index (χ0v) is 17.3. The number of amides is 3. The van der Waals surface area contributed by atoms with E-state index in [1.54, 1.807) is 6.92 Å². The molecule has 2 aromatic rings. The quantitative estimate of drug-likeness (QED) is 0.539. The van der Waals surface area contributed by atoms with Gasteiger partial charge in [-0.15, -0.1) is 0 Å². The van der Waals surface area contributed by atoms with Gasteiger partial charge in [-0.25, -0.2) is 4.79 Å². The molecule has 8 nitrogen and oxygen atoms in total. The highest BCUT2D eigenvalue weighted by atomic mass is 16.5. The fraction of sp³-hybridized carbons (Fsp3) is 0.304. The van der Waals surface area contributed by atoms with Gasteiger partial charge in [-0.3, -0.25) is 9.59 Å². The second kappa shape index (κ2) is 12.0. The Kier molecular flexibility index (Phi) is 9.05. The van der Waals surface area contributed by atoms with E-state index >= 15 is 0 Å². The lowest BCUT2D eigenvalue weighted by Crippen LogP contribution is -2.54. The van der Waals surface area contributed by atoms with Gasteiger partial charge in [0.05, 0.1) is 6.07 Å².